The average molecular weight is 513 g/mol. The van der Waals surface area contributed by atoms with Gasteiger partial charge in [0.25, 0.3) is 5.56 Å². The van der Waals surface area contributed by atoms with Crippen LogP contribution in [0.4, 0.5) is 4.39 Å². The highest BCUT2D eigenvalue weighted by atomic mass is 32.2. The summed E-state index contributed by atoms with van der Waals surface area (Å²) in [6.07, 6.45) is -0.532. The van der Waals surface area contributed by atoms with Gasteiger partial charge in [-0.2, -0.15) is 0 Å². The van der Waals surface area contributed by atoms with E-state index in [9.17, 15) is 23.9 Å². The lowest BCUT2D eigenvalue weighted by molar-refractivity contribution is -0.157. The molecule has 36 heavy (non-hydrogen) atoms. The number of carbonyl (C=O) groups excluding carboxylic acids is 2. The minimum atomic E-state index is -1.53. The Morgan fingerprint density at radius 1 is 1.36 bits per heavy atom. The van der Waals surface area contributed by atoms with Crippen LogP contribution in [0.1, 0.15) is 41.2 Å². The number of aliphatic hydroxyl groups excluding tert-OH is 1. The molecule has 11 heteroatoms. The first kappa shape index (κ1) is 24.4. The molecule has 3 aromatic rings. The maximum absolute atomic E-state index is 14.8. The number of benzene rings is 1. The summed E-state index contributed by atoms with van der Waals surface area (Å²) >= 11 is 1.43. The number of pyridine rings is 2. The number of rotatable bonds is 7. The minimum absolute atomic E-state index is 0.0653. The van der Waals surface area contributed by atoms with Gasteiger partial charge in [0.15, 0.2) is 6.10 Å². The third-order valence-corrected chi connectivity index (χ3v) is 7.72. The smallest absolute Gasteiger partial charge is 0.340 e. The van der Waals surface area contributed by atoms with Gasteiger partial charge < -0.3 is 25.5 Å². The molecule has 1 atom stereocenters. The number of hydrogen-bond acceptors (Lipinski definition) is 8. The maximum atomic E-state index is 14.8. The van der Waals surface area contributed by atoms with Crippen molar-refractivity contribution >= 4 is 34.5 Å². The molecule has 188 valence electrons. The lowest BCUT2D eigenvalue weighted by Crippen LogP contribution is -2.32. The highest BCUT2D eigenvalue weighted by Crippen LogP contribution is 2.39. The van der Waals surface area contributed by atoms with Crippen LogP contribution in [0, 0.1) is 12.7 Å². The van der Waals surface area contributed by atoms with E-state index in [0.29, 0.717) is 54.2 Å². The van der Waals surface area contributed by atoms with Crippen LogP contribution in [-0.4, -0.2) is 45.4 Å². The van der Waals surface area contributed by atoms with Gasteiger partial charge in [0.2, 0.25) is 5.91 Å². The zero-order valence-electron chi connectivity index (χ0n) is 19.6. The predicted molar refractivity (Wildman–Crippen MR) is 132 cm³/mol. The number of fused-ring (bicyclic) bond motifs is 5. The van der Waals surface area contributed by atoms with Crippen molar-refractivity contribution in [2.45, 2.75) is 43.9 Å². The molecule has 0 bridgehead atoms. The number of nitrogens with one attached hydrogen (secondary N) is 1. The molecule has 0 saturated carbocycles. The first-order valence-corrected chi connectivity index (χ1v) is 12.6. The Morgan fingerprint density at radius 2 is 2.17 bits per heavy atom. The molecule has 2 aliphatic heterocycles. The molecule has 1 unspecified atom stereocenters. The minimum Gasteiger partial charge on any atom is -0.458 e. The topological polar surface area (TPSA) is 137 Å². The van der Waals surface area contributed by atoms with Gasteiger partial charge >= 0.3 is 5.97 Å². The quantitative estimate of drug-likeness (QED) is 0.194. The van der Waals surface area contributed by atoms with Crippen molar-refractivity contribution in [3.8, 4) is 11.4 Å². The second-order valence-corrected chi connectivity index (χ2v) is 9.94. The Labute approximate surface area is 209 Å². The molecule has 0 aliphatic carbocycles. The summed E-state index contributed by atoms with van der Waals surface area (Å²) in [4.78, 5) is 42.2. The van der Waals surface area contributed by atoms with Crippen LogP contribution in [-0.2, 0) is 27.5 Å². The molecule has 4 heterocycles. The zero-order valence-corrected chi connectivity index (χ0v) is 20.4. The number of esters is 1. The van der Waals surface area contributed by atoms with Gasteiger partial charge in [0.1, 0.15) is 12.4 Å². The van der Waals surface area contributed by atoms with Crippen LogP contribution in [0.2, 0.25) is 0 Å². The van der Waals surface area contributed by atoms with Crippen molar-refractivity contribution < 1.29 is 23.8 Å². The van der Waals surface area contributed by atoms with Crippen LogP contribution in [0.3, 0.4) is 0 Å². The first-order valence-electron chi connectivity index (χ1n) is 11.6. The van der Waals surface area contributed by atoms with Crippen LogP contribution < -0.4 is 16.6 Å². The number of carbonyl (C=O) groups is 2. The van der Waals surface area contributed by atoms with Crippen molar-refractivity contribution in [2.24, 2.45) is 5.73 Å². The summed E-state index contributed by atoms with van der Waals surface area (Å²) in [6, 6.07) is 4.88. The van der Waals surface area contributed by atoms with Crippen LogP contribution in [0.15, 0.2) is 27.9 Å². The molecule has 5 rings (SSSR count). The molecule has 1 amide bonds. The molecule has 0 saturated heterocycles. The fraction of sp³-hybridized carbons (Fsp3) is 0.360. The van der Waals surface area contributed by atoms with E-state index in [1.807, 2.05) is 6.07 Å². The Morgan fingerprint density at radius 3 is 2.94 bits per heavy atom. The molecule has 2 aromatic heterocycles. The normalized spacial score (nSPS) is 15.9. The molecule has 9 nitrogen and oxygen atoms in total. The number of ether oxygens (including phenoxy) is 1. The maximum Gasteiger partial charge on any atom is 0.340 e. The van der Waals surface area contributed by atoms with Crippen molar-refractivity contribution in [1.82, 2.24) is 14.9 Å². The number of hydrogen-bond donors (Lipinski definition) is 3. The number of nitrogens with two attached hydrogens (primary N) is 1. The van der Waals surface area contributed by atoms with Gasteiger partial charge in [-0.25, -0.2) is 14.2 Å². The molecule has 4 N–H and O–H groups in total. The molecule has 1 aromatic carbocycles. The van der Waals surface area contributed by atoms with E-state index in [4.69, 9.17) is 15.5 Å². The summed E-state index contributed by atoms with van der Waals surface area (Å²) in [5, 5.41) is 13.9. The lowest BCUT2D eigenvalue weighted by Gasteiger charge is -2.21. The monoisotopic (exact) mass is 512 g/mol. The molecular weight excluding hydrogens is 487 g/mol. The van der Waals surface area contributed by atoms with Crippen molar-refractivity contribution in [3.63, 3.8) is 0 Å². The number of thioether (sulfide) groups is 1. The van der Waals surface area contributed by atoms with E-state index >= 15 is 0 Å². The molecular formula is C25H25FN4O5S. The molecule has 0 fully saturated rings. The van der Waals surface area contributed by atoms with Crippen molar-refractivity contribution in [1.29, 1.82) is 0 Å². The first-order chi connectivity index (χ1) is 17.3. The average Bonchev–Trinajstić information content (AvgIpc) is 3.22. The Hall–Kier alpha value is -3.28. The van der Waals surface area contributed by atoms with E-state index in [2.05, 4.69) is 5.32 Å². The van der Waals surface area contributed by atoms with Gasteiger partial charge in [-0.15, -0.1) is 11.8 Å². The summed E-state index contributed by atoms with van der Waals surface area (Å²) in [6.45, 7) is 2.67. The second kappa shape index (κ2) is 9.64. The number of nitrogens with zero attached hydrogens (tertiary/aromatic N) is 2. The van der Waals surface area contributed by atoms with Gasteiger partial charge in [-0.3, -0.25) is 9.59 Å². The third kappa shape index (κ3) is 4.16. The summed E-state index contributed by atoms with van der Waals surface area (Å²) < 4.78 is 21.3. The summed E-state index contributed by atoms with van der Waals surface area (Å²) in [5.41, 5.74) is 8.25. The zero-order chi connectivity index (χ0) is 25.6. The predicted octanol–water partition coefficient (Wildman–Crippen LogP) is 1.91. The van der Waals surface area contributed by atoms with Gasteiger partial charge in [0.05, 0.1) is 29.0 Å². The van der Waals surface area contributed by atoms with Gasteiger partial charge in [-0.1, -0.05) is 0 Å². The molecule has 0 spiro atoms. The van der Waals surface area contributed by atoms with E-state index in [1.54, 1.807) is 13.0 Å². The van der Waals surface area contributed by atoms with E-state index < -0.39 is 17.9 Å². The largest absolute Gasteiger partial charge is 0.458 e. The number of amides is 1. The molecule has 2 aliphatic rings. The number of aliphatic hydroxyl groups is 1. The van der Waals surface area contributed by atoms with Gasteiger partial charge in [0, 0.05) is 46.2 Å². The fourth-order valence-electron chi connectivity index (χ4n) is 4.59. The van der Waals surface area contributed by atoms with E-state index in [-0.39, 0.29) is 35.7 Å². The highest BCUT2D eigenvalue weighted by molar-refractivity contribution is 7.99. The van der Waals surface area contributed by atoms with E-state index in [0.717, 1.165) is 15.8 Å². The Bertz CT molecular complexity index is 1470. The van der Waals surface area contributed by atoms with Crippen LogP contribution >= 0.6 is 11.8 Å². The second-order valence-electron chi connectivity index (χ2n) is 8.83. The van der Waals surface area contributed by atoms with Crippen LogP contribution in [0.25, 0.3) is 22.3 Å². The third-order valence-electron chi connectivity index (χ3n) is 6.50. The van der Waals surface area contributed by atoms with Crippen molar-refractivity contribution in [3.05, 3.63) is 56.6 Å². The van der Waals surface area contributed by atoms with Crippen molar-refractivity contribution in [2.75, 3.05) is 18.8 Å². The number of aromatic nitrogens is 2. The highest BCUT2D eigenvalue weighted by Gasteiger charge is 2.34. The Kier molecular flexibility index (Phi) is 6.54. The summed E-state index contributed by atoms with van der Waals surface area (Å²) in [5.74, 6) is -0.720. The number of cyclic esters (lactones) is 1. The van der Waals surface area contributed by atoms with Gasteiger partial charge in [-0.05, 0) is 37.6 Å². The summed E-state index contributed by atoms with van der Waals surface area (Å²) in [7, 11) is 0. The van der Waals surface area contributed by atoms with E-state index in [1.165, 1.54) is 22.4 Å². The lowest BCUT2D eigenvalue weighted by atomic mass is 10.0. The molecule has 0 radical (unpaired) electrons. The van der Waals surface area contributed by atoms with Crippen LogP contribution in [0.5, 0.6) is 0 Å². The fourth-order valence-corrected chi connectivity index (χ4v) is 5.63. The Balaban J connectivity index is 1.49. The standard InChI is InChI=1S/C25H25FN4O5S/c1-12-17(26)9-18-15(23(12)36-6-5-28-20(31)3-2-4-27)7-13-10-30-19(21(13)29-18)8-14-16(24(30)33)11-35-25(34)22(14)32/h7-9,22,32H,2-6,10-11,27H2,1H3,(H,28,31). The SMILES string of the molecule is Cc1c(F)cc2nc3c(cc2c1SCCNC(=O)CCCN)Cn1c-3cc2c(c1=O)COC(=O)C2O. The number of halogens is 1.